The molecule has 4 amide bonds. The number of nitrogens with one attached hydrogen (secondary N) is 3. The average Bonchev–Trinajstić information content (AvgIpc) is 2.60. The lowest BCUT2D eigenvalue weighted by Crippen LogP contribution is -2.56. The summed E-state index contributed by atoms with van der Waals surface area (Å²) in [5.74, 6) is -4.10. The van der Waals surface area contributed by atoms with E-state index in [9.17, 15) is 24.0 Å². The lowest BCUT2D eigenvalue weighted by molar-refractivity contribution is -0.141. The number of hydrogen-bond acceptors (Lipinski definition) is 7. The largest absolute Gasteiger partial charge is 0.480 e. The highest BCUT2D eigenvalue weighted by molar-refractivity contribution is 7.80. The van der Waals surface area contributed by atoms with E-state index >= 15 is 0 Å². The van der Waals surface area contributed by atoms with Crippen LogP contribution in [0.2, 0.25) is 0 Å². The Bertz CT molecular complexity index is 586. The molecule has 0 aromatic rings. The van der Waals surface area contributed by atoms with Crippen LogP contribution in [0, 0.1) is 5.92 Å². The summed E-state index contributed by atoms with van der Waals surface area (Å²) < 4.78 is 0. The first-order chi connectivity index (χ1) is 13.0. The van der Waals surface area contributed by atoms with E-state index in [1.54, 1.807) is 0 Å². The van der Waals surface area contributed by atoms with Crippen LogP contribution >= 0.6 is 12.6 Å². The highest BCUT2D eigenvalue weighted by atomic mass is 32.1. The molecule has 0 aliphatic carbocycles. The Labute approximate surface area is 168 Å². The molecule has 160 valence electrons. The SMILES string of the molecule is CC(C)CC(NC(=O)CN)C(=O)NC(CCC(N)=O)C(=O)NC(CS)C(=O)O. The quantitative estimate of drug-likeness (QED) is 0.163. The van der Waals surface area contributed by atoms with Gasteiger partial charge in [0.15, 0.2) is 0 Å². The van der Waals surface area contributed by atoms with Crippen molar-refractivity contribution in [1.29, 1.82) is 0 Å². The van der Waals surface area contributed by atoms with Crippen molar-refractivity contribution in [2.45, 2.75) is 51.2 Å². The Morgan fingerprint density at radius 1 is 0.964 bits per heavy atom. The number of aliphatic carboxylic acids is 1. The van der Waals surface area contributed by atoms with Gasteiger partial charge in [0.25, 0.3) is 0 Å². The second-order valence-corrected chi connectivity index (χ2v) is 6.97. The van der Waals surface area contributed by atoms with E-state index in [1.165, 1.54) is 0 Å². The Balaban J connectivity index is 5.32. The summed E-state index contributed by atoms with van der Waals surface area (Å²) in [5.41, 5.74) is 10.4. The molecule has 0 fully saturated rings. The molecule has 3 unspecified atom stereocenters. The second-order valence-electron chi connectivity index (χ2n) is 6.60. The van der Waals surface area contributed by atoms with E-state index in [0.29, 0.717) is 0 Å². The molecule has 0 aliphatic rings. The van der Waals surface area contributed by atoms with E-state index in [4.69, 9.17) is 16.6 Å². The molecule has 0 radical (unpaired) electrons. The molecule has 0 aromatic carbocycles. The summed E-state index contributed by atoms with van der Waals surface area (Å²) in [6.07, 6.45) is -0.0534. The zero-order chi connectivity index (χ0) is 21.9. The highest BCUT2D eigenvalue weighted by Gasteiger charge is 2.29. The first-order valence-corrected chi connectivity index (χ1v) is 9.37. The molecular formula is C16H29N5O6S. The van der Waals surface area contributed by atoms with Gasteiger partial charge in [-0.25, -0.2) is 4.79 Å². The van der Waals surface area contributed by atoms with Crippen LogP contribution in [0.5, 0.6) is 0 Å². The molecule has 0 saturated carbocycles. The predicted molar refractivity (Wildman–Crippen MR) is 104 cm³/mol. The molecular weight excluding hydrogens is 390 g/mol. The van der Waals surface area contributed by atoms with Crippen LogP contribution in [0.25, 0.3) is 0 Å². The smallest absolute Gasteiger partial charge is 0.327 e. The number of thiol groups is 1. The molecule has 11 nitrogen and oxygen atoms in total. The van der Waals surface area contributed by atoms with Crippen LogP contribution in [-0.2, 0) is 24.0 Å². The predicted octanol–water partition coefficient (Wildman–Crippen LogP) is -2.27. The summed E-state index contributed by atoms with van der Waals surface area (Å²) >= 11 is 3.85. The van der Waals surface area contributed by atoms with Crippen LogP contribution in [-0.4, -0.2) is 65.1 Å². The van der Waals surface area contributed by atoms with Crippen molar-refractivity contribution < 1.29 is 29.1 Å². The van der Waals surface area contributed by atoms with Gasteiger partial charge in [-0.15, -0.1) is 0 Å². The van der Waals surface area contributed by atoms with Gasteiger partial charge in [-0.2, -0.15) is 12.6 Å². The Morgan fingerprint density at radius 2 is 1.50 bits per heavy atom. The first kappa shape index (κ1) is 25.7. The minimum absolute atomic E-state index is 0.0484. The van der Waals surface area contributed by atoms with Gasteiger partial charge in [0.1, 0.15) is 18.1 Å². The van der Waals surface area contributed by atoms with E-state index in [2.05, 4.69) is 28.6 Å². The summed E-state index contributed by atoms with van der Waals surface area (Å²) in [7, 11) is 0. The fourth-order valence-corrected chi connectivity index (χ4v) is 2.49. The maximum absolute atomic E-state index is 12.6. The number of carboxylic acids is 1. The molecule has 0 rings (SSSR count). The monoisotopic (exact) mass is 419 g/mol. The third-order valence-electron chi connectivity index (χ3n) is 3.65. The van der Waals surface area contributed by atoms with Gasteiger partial charge in [-0.1, -0.05) is 13.8 Å². The molecule has 28 heavy (non-hydrogen) atoms. The first-order valence-electron chi connectivity index (χ1n) is 8.73. The minimum atomic E-state index is -1.30. The number of carbonyl (C=O) groups is 5. The lowest BCUT2D eigenvalue weighted by atomic mass is 10.0. The number of amides is 4. The van der Waals surface area contributed by atoms with Gasteiger partial charge in [-0.05, 0) is 18.8 Å². The highest BCUT2D eigenvalue weighted by Crippen LogP contribution is 2.07. The van der Waals surface area contributed by atoms with Crippen molar-refractivity contribution in [3.63, 3.8) is 0 Å². The van der Waals surface area contributed by atoms with Gasteiger partial charge in [-0.3, -0.25) is 19.2 Å². The molecule has 3 atom stereocenters. The fourth-order valence-electron chi connectivity index (χ4n) is 2.24. The molecule has 0 bridgehead atoms. The van der Waals surface area contributed by atoms with Crippen molar-refractivity contribution in [3.05, 3.63) is 0 Å². The average molecular weight is 420 g/mol. The van der Waals surface area contributed by atoms with Crippen molar-refractivity contribution >= 4 is 42.2 Å². The van der Waals surface area contributed by atoms with Gasteiger partial charge < -0.3 is 32.5 Å². The van der Waals surface area contributed by atoms with Gasteiger partial charge >= 0.3 is 5.97 Å². The van der Waals surface area contributed by atoms with Crippen molar-refractivity contribution in [1.82, 2.24) is 16.0 Å². The van der Waals surface area contributed by atoms with Crippen molar-refractivity contribution in [2.75, 3.05) is 12.3 Å². The van der Waals surface area contributed by atoms with Gasteiger partial charge in [0.2, 0.25) is 23.6 Å². The minimum Gasteiger partial charge on any atom is -0.480 e. The zero-order valence-corrected chi connectivity index (χ0v) is 16.8. The maximum Gasteiger partial charge on any atom is 0.327 e. The molecule has 8 N–H and O–H groups in total. The zero-order valence-electron chi connectivity index (χ0n) is 15.9. The normalized spacial score (nSPS) is 13.9. The van der Waals surface area contributed by atoms with Crippen LogP contribution < -0.4 is 27.4 Å². The standard InChI is InChI=1S/C16H29N5O6S/c1-8(2)5-10(19-13(23)6-17)15(25)20-9(3-4-12(18)22)14(24)21-11(7-28)16(26)27/h8-11,28H,3-7,17H2,1-2H3,(H2,18,22)(H,19,23)(H,20,25)(H,21,24)(H,26,27). The topological polar surface area (TPSA) is 194 Å². The molecule has 0 spiro atoms. The summed E-state index contributed by atoms with van der Waals surface area (Å²) in [4.78, 5) is 58.7. The number of primary amides is 1. The molecule has 12 heteroatoms. The van der Waals surface area contributed by atoms with E-state index in [1.807, 2.05) is 13.8 Å². The summed E-state index contributed by atoms with van der Waals surface area (Å²) in [5, 5.41) is 16.2. The fraction of sp³-hybridized carbons (Fsp3) is 0.688. The number of carbonyl (C=O) groups excluding carboxylic acids is 4. The Kier molecular flexibility index (Phi) is 11.9. The van der Waals surface area contributed by atoms with Crippen LogP contribution in [0.3, 0.4) is 0 Å². The lowest BCUT2D eigenvalue weighted by Gasteiger charge is -2.24. The number of rotatable bonds is 13. The van der Waals surface area contributed by atoms with Crippen LogP contribution in [0.15, 0.2) is 0 Å². The third kappa shape index (κ3) is 10.1. The molecule has 0 heterocycles. The van der Waals surface area contributed by atoms with Gasteiger partial charge in [0, 0.05) is 12.2 Å². The third-order valence-corrected chi connectivity index (χ3v) is 4.02. The van der Waals surface area contributed by atoms with Gasteiger partial charge in [0.05, 0.1) is 6.54 Å². The molecule has 0 aromatic heterocycles. The van der Waals surface area contributed by atoms with Crippen molar-refractivity contribution in [2.24, 2.45) is 17.4 Å². The van der Waals surface area contributed by atoms with E-state index in [-0.39, 0.29) is 37.5 Å². The maximum atomic E-state index is 12.6. The Morgan fingerprint density at radius 3 is 1.93 bits per heavy atom. The molecule has 0 saturated heterocycles. The molecule has 0 aliphatic heterocycles. The Hall–Kier alpha value is -2.34. The van der Waals surface area contributed by atoms with E-state index in [0.717, 1.165) is 0 Å². The van der Waals surface area contributed by atoms with Crippen LogP contribution in [0.4, 0.5) is 0 Å². The second kappa shape index (κ2) is 12.9. The van der Waals surface area contributed by atoms with Crippen molar-refractivity contribution in [3.8, 4) is 0 Å². The summed E-state index contributed by atoms with van der Waals surface area (Å²) in [6, 6.07) is -3.43. The summed E-state index contributed by atoms with van der Waals surface area (Å²) in [6.45, 7) is 3.38. The number of nitrogens with two attached hydrogens (primary N) is 2. The van der Waals surface area contributed by atoms with E-state index < -0.39 is 47.7 Å². The number of hydrogen-bond donors (Lipinski definition) is 7. The van der Waals surface area contributed by atoms with Crippen LogP contribution in [0.1, 0.15) is 33.1 Å². The number of carboxylic acid groups (broad SMARTS) is 1.